The number of nitrogens with one attached hydrogen (secondary N) is 1. The topological polar surface area (TPSA) is 84.9 Å². The van der Waals surface area contributed by atoms with E-state index in [1.54, 1.807) is 61.7 Å². The van der Waals surface area contributed by atoms with Gasteiger partial charge in [0, 0.05) is 20.7 Å². The highest BCUT2D eigenvalue weighted by molar-refractivity contribution is 9.10. The van der Waals surface area contributed by atoms with Gasteiger partial charge in [-0.3, -0.25) is 19.3 Å². The second kappa shape index (κ2) is 11.6. The third kappa shape index (κ3) is 6.48. The Labute approximate surface area is 225 Å². The average Bonchev–Trinajstić information content (AvgIpc) is 3.12. The molecule has 0 saturated carbocycles. The number of methoxy groups -OCH3 is 1. The second-order valence-electron chi connectivity index (χ2n) is 7.64. The monoisotopic (exact) mass is 586 g/mol. The van der Waals surface area contributed by atoms with Crippen LogP contribution in [0.5, 0.6) is 11.5 Å². The van der Waals surface area contributed by atoms with Crippen LogP contribution in [0.3, 0.4) is 0 Å². The highest BCUT2D eigenvalue weighted by Crippen LogP contribution is 2.35. The molecule has 1 aliphatic rings. The molecule has 1 aliphatic heterocycles. The zero-order valence-electron chi connectivity index (χ0n) is 19.0. The predicted molar refractivity (Wildman–Crippen MR) is 144 cm³/mol. The van der Waals surface area contributed by atoms with Crippen LogP contribution in [-0.4, -0.2) is 35.6 Å². The first-order valence-electron chi connectivity index (χ1n) is 10.7. The maximum atomic E-state index is 13.0. The van der Waals surface area contributed by atoms with Crippen molar-refractivity contribution in [2.45, 2.75) is 6.61 Å². The van der Waals surface area contributed by atoms with Crippen molar-refractivity contribution in [2.75, 3.05) is 19.0 Å². The molecule has 0 bridgehead atoms. The van der Waals surface area contributed by atoms with E-state index in [1.807, 2.05) is 18.2 Å². The molecule has 0 aliphatic carbocycles. The summed E-state index contributed by atoms with van der Waals surface area (Å²) in [5.41, 5.74) is 2.07. The summed E-state index contributed by atoms with van der Waals surface area (Å²) in [5.74, 6) is 0.155. The molecule has 7 nitrogen and oxygen atoms in total. The standard InChI is InChI=1S/C26H20BrClN2O5S/c1-34-21-9-7-20(8-10-21)29-24(31)14-30-25(32)23(36-26(30)33)13-17-12-18(27)4-11-22(17)35-15-16-2-5-19(28)6-3-16/h2-13H,14-15H2,1H3,(H,29,31)/b23-13+. The number of ether oxygens (including phenoxy) is 2. The molecule has 0 aromatic heterocycles. The van der Waals surface area contributed by atoms with Gasteiger partial charge in [0.1, 0.15) is 24.7 Å². The Morgan fingerprint density at radius 2 is 1.81 bits per heavy atom. The Morgan fingerprint density at radius 3 is 2.50 bits per heavy atom. The van der Waals surface area contributed by atoms with Crippen molar-refractivity contribution in [1.29, 1.82) is 0 Å². The normalized spacial score (nSPS) is 14.3. The van der Waals surface area contributed by atoms with Crippen LogP contribution < -0.4 is 14.8 Å². The van der Waals surface area contributed by atoms with E-state index in [4.69, 9.17) is 21.1 Å². The second-order valence-corrected chi connectivity index (χ2v) is 9.99. The lowest BCUT2D eigenvalue weighted by molar-refractivity contribution is -0.127. The quantitative estimate of drug-likeness (QED) is 0.309. The summed E-state index contributed by atoms with van der Waals surface area (Å²) in [6.45, 7) is -0.0981. The minimum atomic E-state index is -0.543. The van der Waals surface area contributed by atoms with Gasteiger partial charge in [0.05, 0.1) is 12.0 Å². The summed E-state index contributed by atoms with van der Waals surface area (Å²) in [6.07, 6.45) is 1.59. The summed E-state index contributed by atoms with van der Waals surface area (Å²) in [5, 5.41) is 2.79. The van der Waals surface area contributed by atoms with Gasteiger partial charge in [-0.05, 0) is 78.0 Å². The van der Waals surface area contributed by atoms with E-state index in [0.29, 0.717) is 34.4 Å². The van der Waals surface area contributed by atoms with Gasteiger partial charge in [-0.25, -0.2) is 0 Å². The van der Waals surface area contributed by atoms with E-state index in [2.05, 4.69) is 21.2 Å². The van der Waals surface area contributed by atoms with Gasteiger partial charge in [0.15, 0.2) is 0 Å². The maximum absolute atomic E-state index is 13.0. The van der Waals surface area contributed by atoms with Gasteiger partial charge < -0.3 is 14.8 Å². The molecular weight excluding hydrogens is 568 g/mol. The van der Waals surface area contributed by atoms with Crippen molar-refractivity contribution in [3.8, 4) is 11.5 Å². The van der Waals surface area contributed by atoms with Crippen molar-refractivity contribution in [2.24, 2.45) is 0 Å². The number of thioether (sulfide) groups is 1. The van der Waals surface area contributed by atoms with Crippen LogP contribution in [-0.2, 0) is 16.2 Å². The third-order valence-electron chi connectivity index (χ3n) is 5.12. The number of anilines is 1. The largest absolute Gasteiger partial charge is 0.497 e. The molecule has 36 heavy (non-hydrogen) atoms. The molecule has 3 amide bonds. The van der Waals surface area contributed by atoms with Crippen molar-refractivity contribution >= 4 is 68.1 Å². The number of amides is 3. The summed E-state index contributed by atoms with van der Waals surface area (Å²) in [6, 6.07) is 19.4. The Balaban J connectivity index is 1.45. The van der Waals surface area contributed by atoms with Gasteiger partial charge >= 0.3 is 0 Å². The summed E-state index contributed by atoms with van der Waals surface area (Å²) >= 11 is 10.1. The first-order valence-corrected chi connectivity index (χ1v) is 12.7. The Bertz CT molecular complexity index is 1330. The molecule has 1 saturated heterocycles. The third-order valence-corrected chi connectivity index (χ3v) is 6.77. The zero-order valence-corrected chi connectivity index (χ0v) is 22.2. The predicted octanol–water partition coefficient (Wildman–Crippen LogP) is 6.37. The number of imide groups is 1. The molecule has 1 N–H and O–H groups in total. The molecular formula is C26H20BrClN2O5S. The molecule has 0 atom stereocenters. The van der Waals surface area contributed by atoms with E-state index in [-0.39, 0.29) is 4.91 Å². The van der Waals surface area contributed by atoms with Crippen LogP contribution in [0.15, 0.2) is 76.1 Å². The van der Waals surface area contributed by atoms with Crippen molar-refractivity contribution in [3.63, 3.8) is 0 Å². The Morgan fingerprint density at radius 1 is 1.08 bits per heavy atom. The first-order chi connectivity index (χ1) is 17.3. The van der Waals surface area contributed by atoms with Gasteiger partial charge in [-0.15, -0.1) is 0 Å². The zero-order chi connectivity index (χ0) is 25.7. The van der Waals surface area contributed by atoms with Crippen LogP contribution in [0.2, 0.25) is 5.02 Å². The average molecular weight is 588 g/mol. The lowest BCUT2D eigenvalue weighted by atomic mass is 10.1. The van der Waals surface area contributed by atoms with Gasteiger partial charge in [0.2, 0.25) is 5.91 Å². The molecule has 0 radical (unpaired) electrons. The van der Waals surface area contributed by atoms with Crippen molar-refractivity contribution < 1.29 is 23.9 Å². The van der Waals surface area contributed by atoms with Crippen LogP contribution in [0.4, 0.5) is 10.5 Å². The highest BCUT2D eigenvalue weighted by Gasteiger charge is 2.36. The van der Waals surface area contributed by atoms with Crippen LogP contribution >= 0.6 is 39.3 Å². The van der Waals surface area contributed by atoms with Crippen LogP contribution in [0, 0.1) is 0 Å². The van der Waals surface area contributed by atoms with Crippen molar-refractivity contribution in [1.82, 2.24) is 4.90 Å². The molecule has 0 unspecified atom stereocenters. The van der Waals surface area contributed by atoms with Crippen molar-refractivity contribution in [3.05, 3.63) is 92.3 Å². The number of nitrogens with zero attached hydrogens (tertiary/aromatic N) is 1. The lowest BCUT2D eigenvalue weighted by Gasteiger charge is -2.13. The number of rotatable bonds is 8. The molecule has 10 heteroatoms. The molecule has 0 spiro atoms. The fourth-order valence-electron chi connectivity index (χ4n) is 3.30. The summed E-state index contributed by atoms with van der Waals surface area (Å²) in [7, 11) is 1.55. The molecule has 184 valence electrons. The Kier molecular flexibility index (Phi) is 8.35. The molecule has 1 heterocycles. The van der Waals surface area contributed by atoms with Gasteiger partial charge in [-0.1, -0.05) is 39.7 Å². The number of hydrogen-bond donors (Lipinski definition) is 1. The summed E-state index contributed by atoms with van der Waals surface area (Å²) < 4.78 is 11.8. The number of carbonyl (C=O) groups is 3. The Hall–Kier alpha value is -3.27. The number of hydrogen-bond acceptors (Lipinski definition) is 6. The van der Waals surface area contributed by atoms with E-state index < -0.39 is 23.6 Å². The van der Waals surface area contributed by atoms with Gasteiger partial charge in [-0.2, -0.15) is 0 Å². The SMILES string of the molecule is COc1ccc(NC(=O)CN2C(=O)S/C(=C/c3cc(Br)ccc3OCc3ccc(Cl)cc3)C2=O)cc1. The van der Waals surface area contributed by atoms with E-state index in [1.165, 1.54) is 0 Å². The lowest BCUT2D eigenvalue weighted by Crippen LogP contribution is -2.36. The van der Waals surface area contributed by atoms with Crippen LogP contribution in [0.1, 0.15) is 11.1 Å². The fourth-order valence-corrected chi connectivity index (χ4v) is 4.64. The maximum Gasteiger partial charge on any atom is 0.294 e. The van der Waals surface area contributed by atoms with E-state index in [0.717, 1.165) is 26.7 Å². The smallest absolute Gasteiger partial charge is 0.294 e. The first kappa shape index (κ1) is 25.8. The van der Waals surface area contributed by atoms with Crippen LogP contribution in [0.25, 0.3) is 6.08 Å². The van der Waals surface area contributed by atoms with E-state index >= 15 is 0 Å². The summed E-state index contributed by atoms with van der Waals surface area (Å²) in [4.78, 5) is 39.1. The van der Waals surface area contributed by atoms with E-state index in [9.17, 15) is 14.4 Å². The number of halogens is 2. The fraction of sp³-hybridized carbons (Fsp3) is 0.115. The molecule has 3 aromatic rings. The molecule has 4 rings (SSSR count). The molecule has 1 fully saturated rings. The number of benzene rings is 3. The highest BCUT2D eigenvalue weighted by atomic mass is 79.9. The van der Waals surface area contributed by atoms with Gasteiger partial charge in [0.25, 0.3) is 11.1 Å². The minimum Gasteiger partial charge on any atom is -0.497 e. The number of carbonyl (C=O) groups excluding carboxylic acids is 3. The minimum absolute atomic E-state index is 0.201. The molecule has 3 aromatic carbocycles.